The molecule has 0 spiro atoms. The van der Waals surface area contributed by atoms with Crippen molar-refractivity contribution in [2.24, 2.45) is 0 Å². The molecule has 0 radical (unpaired) electrons. The Morgan fingerprint density at radius 3 is 2.37 bits per heavy atom. The number of nitrogens with zero attached hydrogens (tertiary/aromatic N) is 2. The molecule has 0 fully saturated rings. The molecule has 5 nitrogen and oxygen atoms in total. The van der Waals surface area contributed by atoms with Crippen molar-refractivity contribution in [1.29, 1.82) is 0 Å². The summed E-state index contributed by atoms with van der Waals surface area (Å²) in [4.78, 5) is 17.2. The number of urea groups is 1. The maximum absolute atomic E-state index is 12.5. The van der Waals surface area contributed by atoms with Gasteiger partial charge in [-0.1, -0.05) is 51.1 Å². The number of benzene rings is 2. The van der Waals surface area contributed by atoms with Crippen molar-refractivity contribution < 1.29 is 4.79 Å². The fourth-order valence-corrected chi connectivity index (χ4v) is 3.40. The van der Waals surface area contributed by atoms with Crippen LogP contribution in [-0.2, 0) is 5.41 Å². The molecule has 2 heterocycles. The molecule has 0 bridgehead atoms. The number of carbonyl (C=O) groups excluding carboxylic acids is 1. The predicted octanol–water partition coefficient (Wildman–Crippen LogP) is 6.25. The van der Waals surface area contributed by atoms with E-state index in [2.05, 4.69) is 31.4 Å². The van der Waals surface area contributed by atoms with Crippen molar-refractivity contribution in [2.45, 2.75) is 33.1 Å². The van der Waals surface area contributed by atoms with Crippen molar-refractivity contribution in [3.05, 3.63) is 84.2 Å². The second kappa shape index (κ2) is 7.67. The molecule has 2 N–H and O–H groups in total. The van der Waals surface area contributed by atoms with Crippen molar-refractivity contribution in [2.75, 3.05) is 10.6 Å². The average molecular weight is 399 g/mol. The summed E-state index contributed by atoms with van der Waals surface area (Å²) < 4.78 is 2.01. The highest BCUT2D eigenvalue weighted by atomic mass is 16.2. The third-order valence-electron chi connectivity index (χ3n) is 5.10. The zero-order valence-electron chi connectivity index (χ0n) is 17.7. The minimum absolute atomic E-state index is 0.0810. The number of carbonyl (C=O) groups is 1. The molecule has 4 aromatic rings. The molecular weight excluding hydrogens is 372 g/mol. The number of hydrogen-bond donors (Lipinski definition) is 2. The molecule has 2 aromatic heterocycles. The van der Waals surface area contributed by atoms with Gasteiger partial charge in [0.15, 0.2) is 0 Å². The van der Waals surface area contributed by atoms with Gasteiger partial charge in [0.05, 0.1) is 5.69 Å². The number of fused-ring (bicyclic) bond motifs is 1. The van der Waals surface area contributed by atoms with Crippen LogP contribution in [0.1, 0.15) is 31.9 Å². The van der Waals surface area contributed by atoms with Crippen LogP contribution in [0.15, 0.2) is 73.1 Å². The fourth-order valence-electron chi connectivity index (χ4n) is 3.40. The van der Waals surface area contributed by atoms with E-state index in [1.54, 1.807) is 0 Å². The van der Waals surface area contributed by atoms with Gasteiger partial charge in [0, 0.05) is 29.3 Å². The second-order valence-electron chi connectivity index (χ2n) is 8.54. The smallest absolute Gasteiger partial charge is 0.308 e. The zero-order valence-corrected chi connectivity index (χ0v) is 17.7. The monoisotopic (exact) mass is 398 g/mol. The van der Waals surface area contributed by atoms with Gasteiger partial charge in [-0.2, -0.15) is 0 Å². The van der Waals surface area contributed by atoms with Crippen LogP contribution in [0.2, 0.25) is 0 Å². The summed E-state index contributed by atoms with van der Waals surface area (Å²) in [7, 11) is 0. The van der Waals surface area contributed by atoms with Gasteiger partial charge in [-0.05, 0) is 53.8 Å². The van der Waals surface area contributed by atoms with E-state index in [0.717, 1.165) is 28.2 Å². The third-order valence-corrected chi connectivity index (χ3v) is 5.10. The lowest BCUT2D eigenvalue weighted by molar-refractivity contribution is 0.262. The summed E-state index contributed by atoms with van der Waals surface area (Å²) in [5.41, 5.74) is 6.65. The number of nitrogens with one attached hydrogen (secondary N) is 2. The van der Waals surface area contributed by atoms with E-state index in [1.807, 2.05) is 84.4 Å². The number of hydrogen-bond acceptors (Lipinski definition) is 2. The molecule has 30 heavy (non-hydrogen) atoms. The van der Waals surface area contributed by atoms with Gasteiger partial charge in [-0.25, -0.2) is 9.78 Å². The Hall–Kier alpha value is -3.60. The van der Waals surface area contributed by atoms with Gasteiger partial charge in [0.25, 0.3) is 0 Å². The standard InChI is InChI=1S/C25H26N4O/c1-17-7-6-14-29-16-22(28-23(17)29)18-8-5-9-21(15-18)27-24(30)26-20-12-10-19(11-13-20)25(2,3)4/h5-16H,1-4H3,(H2,26,27,30). The van der Waals surface area contributed by atoms with Gasteiger partial charge >= 0.3 is 6.03 Å². The number of rotatable bonds is 3. The molecule has 0 aliphatic heterocycles. The number of aromatic nitrogens is 2. The fraction of sp³-hybridized carbons (Fsp3) is 0.200. The summed E-state index contributed by atoms with van der Waals surface area (Å²) in [6.45, 7) is 8.54. The Balaban J connectivity index is 1.48. The topological polar surface area (TPSA) is 58.4 Å². The molecule has 0 aliphatic carbocycles. The van der Waals surface area contributed by atoms with Crippen molar-refractivity contribution in [3.63, 3.8) is 0 Å². The quantitative estimate of drug-likeness (QED) is 0.428. The average Bonchev–Trinajstić information content (AvgIpc) is 3.14. The van der Waals surface area contributed by atoms with Crippen LogP contribution in [0.5, 0.6) is 0 Å². The number of pyridine rings is 1. The predicted molar refractivity (Wildman–Crippen MR) is 123 cm³/mol. The van der Waals surface area contributed by atoms with Crippen LogP contribution in [-0.4, -0.2) is 15.4 Å². The van der Waals surface area contributed by atoms with Crippen LogP contribution >= 0.6 is 0 Å². The van der Waals surface area contributed by atoms with Crippen molar-refractivity contribution in [3.8, 4) is 11.3 Å². The Morgan fingerprint density at radius 2 is 1.67 bits per heavy atom. The lowest BCUT2D eigenvalue weighted by Crippen LogP contribution is -2.19. The van der Waals surface area contributed by atoms with Crippen LogP contribution in [0, 0.1) is 6.92 Å². The lowest BCUT2D eigenvalue weighted by atomic mass is 9.87. The number of amides is 2. The Morgan fingerprint density at radius 1 is 0.933 bits per heavy atom. The summed E-state index contributed by atoms with van der Waals surface area (Å²) in [5.74, 6) is 0. The summed E-state index contributed by atoms with van der Waals surface area (Å²) in [6, 6.07) is 19.4. The Labute approximate surface area is 176 Å². The molecule has 5 heteroatoms. The highest BCUT2D eigenvalue weighted by molar-refractivity contribution is 6.00. The van der Waals surface area contributed by atoms with E-state index < -0.39 is 0 Å². The van der Waals surface area contributed by atoms with E-state index in [0.29, 0.717) is 5.69 Å². The molecule has 0 saturated heterocycles. The number of imidazole rings is 1. The first-order valence-corrected chi connectivity index (χ1v) is 10.0. The number of aryl methyl sites for hydroxylation is 1. The van der Waals surface area contributed by atoms with Gasteiger partial charge < -0.3 is 15.0 Å². The minimum atomic E-state index is -0.276. The van der Waals surface area contributed by atoms with Crippen LogP contribution in [0.3, 0.4) is 0 Å². The summed E-state index contributed by atoms with van der Waals surface area (Å²) >= 11 is 0. The highest BCUT2D eigenvalue weighted by Gasteiger charge is 2.13. The summed E-state index contributed by atoms with van der Waals surface area (Å²) in [6.07, 6.45) is 3.98. The van der Waals surface area contributed by atoms with Crippen LogP contribution in [0.4, 0.5) is 16.2 Å². The zero-order chi connectivity index (χ0) is 21.3. The van der Waals surface area contributed by atoms with E-state index in [-0.39, 0.29) is 11.4 Å². The number of anilines is 2. The molecule has 2 amide bonds. The van der Waals surface area contributed by atoms with Crippen molar-refractivity contribution in [1.82, 2.24) is 9.38 Å². The van der Waals surface area contributed by atoms with E-state index in [4.69, 9.17) is 4.98 Å². The van der Waals surface area contributed by atoms with E-state index in [1.165, 1.54) is 5.56 Å². The Bertz CT molecular complexity index is 1200. The third kappa shape index (κ3) is 4.20. The molecular formula is C25H26N4O. The first kappa shape index (κ1) is 19.7. The largest absolute Gasteiger partial charge is 0.323 e. The first-order chi connectivity index (χ1) is 14.3. The maximum Gasteiger partial charge on any atom is 0.323 e. The minimum Gasteiger partial charge on any atom is -0.308 e. The SMILES string of the molecule is Cc1cccn2cc(-c3cccc(NC(=O)Nc4ccc(C(C)(C)C)cc4)c3)nc12. The Kier molecular flexibility index (Phi) is 5.04. The molecule has 2 aromatic carbocycles. The van der Waals surface area contributed by atoms with E-state index in [9.17, 15) is 4.79 Å². The maximum atomic E-state index is 12.5. The van der Waals surface area contributed by atoms with E-state index >= 15 is 0 Å². The van der Waals surface area contributed by atoms with Gasteiger partial charge in [-0.15, -0.1) is 0 Å². The second-order valence-corrected chi connectivity index (χ2v) is 8.54. The van der Waals surface area contributed by atoms with Crippen LogP contribution < -0.4 is 10.6 Å². The lowest BCUT2D eigenvalue weighted by Gasteiger charge is -2.19. The highest BCUT2D eigenvalue weighted by Crippen LogP contribution is 2.25. The van der Waals surface area contributed by atoms with Gasteiger partial charge in [0.2, 0.25) is 0 Å². The molecule has 0 aliphatic rings. The molecule has 0 unspecified atom stereocenters. The molecule has 0 atom stereocenters. The van der Waals surface area contributed by atoms with Gasteiger partial charge in [-0.3, -0.25) is 0 Å². The first-order valence-electron chi connectivity index (χ1n) is 10.0. The molecule has 4 rings (SSSR count). The summed E-state index contributed by atoms with van der Waals surface area (Å²) in [5, 5.41) is 5.79. The van der Waals surface area contributed by atoms with Crippen LogP contribution in [0.25, 0.3) is 16.9 Å². The normalized spacial score (nSPS) is 11.5. The van der Waals surface area contributed by atoms with Gasteiger partial charge in [0.1, 0.15) is 5.65 Å². The van der Waals surface area contributed by atoms with Crippen molar-refractivity contribution >= 4 is 23.1 Å². The molecule has 0 saturated carbocycles. The molecule has 152 valence electrons.